The number of carbonyl (C=O) groups is 1. The highest BCUT2D eigenvalue weighted by Gasteiger charge is 2.25. The standard InChI is InChI=1S/C27H36N8O2S2/c1-19(2)37-23-9-4-3-7-20(23)15-34-13-6-8-22(17-34)38-18-25(36)30-27-33-32-26(39-27)29-21-11-14-35(16-21)24-10-5-12-28-31-24/h3-5,7,9-10,12,19,21-22H,6,8,11,13-18H2,1-2H3,(H,29,32)(H,30,33,36)/t21-,22-/m1/s1. The number of aromatic nitrogens is 4. The first-order valence-corrected chi connectivity index (χ1v) is 15.4. The molecule has 0 saturated carbocycles. The molecule has 1 aromatic carbocycles. The summed E-state index contributed by atoms with van der Waals surface area (Å²) >= 11 is 3.10. The molecular formula is C27H36N8O2S2. The Kier molecular flexibility index (Phi) is 9.49. The number of ether oxygens (including phenoxy) is 1. The molecule has 1 amide bonds. The molecule has 5 rings (SSSR count). The first kappa shape index (κ1) is 27.6. The van der Waals surface area contributed by atoms with Gasteiger partial charge in [-0.1, -0.05) is 29.5 Å². The number of para-hydroxylation sites is 1. The molecule has 208 valence electrons. The zero-order chi connectivity index (χ0) is 27.0. The van der Waals surface area contributed by atoms with E-state index in [0.29, 0.717) is 21.3 Å². The lowest BCUT2D eigenvalue weighted by Gasteiger charge is -2.32. The normalized spacial score (nSPS) is 19.8. The summed E-state index contributed by atoms with van der Waals surface area (Å²) in [5.41, 5.74) is 1.22. The van der Waals surface area contributed by atoms with Crippen LogP contribution in [0.2, 0.25) is 0 Å². The third-order valence-corrected chi connectivity index (χ3v) is 8.77. The predicted octanol–water partition coefficient (Wildman–Crippen LogP) is 4.14. The summed E-state index contributed by atoms with van der Waals surface area (Å²) in [6.45, 7) is 8.74. The molecule has 2 aliphatic rings. The van der Waals surface area contributed by atoms with Crippen LogP contribution in [0.5, 0.6) is 5.75 Å². The van der Waals surface area contributed by atoms with Gasteiger partial charge in [0, 0.05) is 49.2 Å². The van der Waals surface area contributed by atoms with Crippen molar-refractivity contribution in [3.05, 3.63) is 48.2 Å². The molecule has 10 nitrogen and oxygen atoms in total. The SMILES string of the molecule is CC(C)Oc1ccccc1CN1CCC[C@@H](SCC(=O)Nc2nnc(N[C@@H]3CCN(c4cccnn4)C3)s2)C1. The smallest absolute Gasteiger partial charge is 0.236 e. The van der Waals surface area contributed by atoms with Crippen molar-refractivity contribution < 1.29 is 9.53 Å². The number of rotatable bonds is 11. The minimum Gasteiger partial charge on any atom is -0.491 e. The van der Waals surface area contributed by atoms with E-state index in [4.69, 9.17) is 4.74 Å². The Balaban J connectivity index is 1.04. The van der Waals surface area contributed by atoms with Crippen molar-refractivity contribution in [2.24, 2.45) is 0 Å². The number of benzene rings is 1. The van der Waals surface area contributed by atoms with Gasteiger partial charge in [0.2, 0.25) is 16.2 Å². The minimum absolute atomic E-state index is 0.0369. The van der Waals surface area contributed by atoms with E-state index in [1.165, 1.54) is 16.9 Å². The van der Waals surface area contributed by atoms with Crippen LogP contribution in [0.25, 0.3) is 0 Å². The largest absolute Gasteiger partial charge is 0.491 e. The number of hydrogen-bond acceptors (Lipinski definition) is 11. The number of anilines is 3. The Morgan fingerprint density at radius 2 is 1.97 bits per heavy atom. The highest BCUT2D eigenvalue weighted by atomic mass is 32.2. The van der Waals surface area contributed by atoms with Crippen LogP contribution in [0.4, 0.5) is 16.1 Å². The third kappa shape index (κ3) is 8.02. The molecule has 0 unspecified atom stereocenters. The van der Waals surface area contributed by atoms with Crippen molar-refractivity contribution in [2.75, 3.05) is 47.5 Å². The molecule has 0 radical (unpaired) electrons. The monoisotopic (exact) mass is 568 g/mol. The maximum Gasteiger partial charge on any atom is 0.236 e. The van der Waals surface area contributed by atoms with Gasteiger partial charge in [0.25, 0.3) is 0 Å². The Labute approximate surface area is 237 Å². The lowest BCUT2D eigenvalue weighted by molar-refractivity contribution is -0.113. The van der Waals surface area contributed by atoms with E-state index >= 15 is 0 Å². The lowest BCUT2D eigenvalue weighted by Crippen LogP contribution is -2.37. The van der Waals surface area contributed by atoms with Crippen LogP contribution in [-0.2, 0) is 11.3 Å². The highest BCUT2D eigenvalue weighted by molar-refractivity contribution is 8.00. The van der Waals surface area contributed by atoms with Crippen LogP contribution in [-0.4, -0.2) is 80.5 Å². The van der Waals surface area contributed by atoms with Crippen molar-refractivity contribution in [2.45, 2.75) is 57.1 Å². The van der Waals surface area contributed by atoms with Crippen LogP contribution in [0, 0.1) is 0 Å². The van der Waals surface area contributed by atoms with E-state index in [9.17, 15) is 4.79 Å². The van der Waals surface area contributed by atoms with Gasteiger partial charge in [0.15, 0.2) is 5.82 Å². The average Bonchev–Trinajstić information content (AvgIpc) is 3.59. The summed E-state index contributed by atoms with van der Waals surface area (Å²) in [4.78, 5) is 17.3. The van der Waals surface area contributed by atoms with E-state index < -0.39 is 0 Å². The summed E-state index contributed by atoms with van der Waals surface area (Å²) < 4.78 is 6.00. The van der Waals surface area contributed by atoms with Crippen molar-refractivity contribution in [1.82, 2.24) is 25.3 Å². The summed E-state index contributed by atoms with van der Waals surface area (Å²) in [7, 11) is 0. The van der Waals surface area contributed by atoms with Gasteiger partial charge in [-0.2, -0.15) is 5.10 Å². The molecule has 12 heteroatoms. The lowest BCUT2D eigenvalue weighted by atomic mass is 10.1. The molecule has 2 aromatic heterocycles. The maximum atomic E-state index is 12.7. The molecular weight excluding hydrogens is 532 g/mol. The number of hydrogen-bond donors (Lipinski definition) is 2. The summed E-state index contributed by atoms with van der Waals surface area (Å²) in [6, 6.07) is 12.4. The molecule has 2 fully saturated rings. The molecule has 0 bridgehead atoms. The molecule has 3 aromatic rings. The van der Waals surface area contributed by atoms with Crippen molar-refractivity contribution in [3.8, 4) is 5.75 Å². The van der Waals surface area contributed by atoms with Gasteiger partial charge in [0.05, 0.1) is 11.9 Å². The number of likely N-dealkylation sites (tertiary alicyclic amines) is 1. The quantitative estimate of drug-likeness (QED) is 0.350. The van der Waals surface area contributed by atoms with Gasteiger partial charge < -0.3 is 15.0 Å². The third-order valence-electron chi connectivity index (χ3n) is 6.71. The molecule has 0 spiro atoms. The molecule has 2 atom stereocenters. The van der Waals surface area contributed by atoms with Crippen LogP contribution < -0.4 is 20.3 Å². The molecule has 2 saturated heterocycles. The fraction of sp³-hybridized carbons (Fsp3) is 0.519. The first-order chi connectivity index (χ1) is 19.0. The average molecular weight is 569 g/mol. The first-order valence-electron chi connectivity index (χ1n) is 13.5. The van der Waals surface area contributed by atoms with Crippen molar-refractivity contribution >= 4 is 45.1 Å². The van der Waals surface area contributed by atoms with Gasteiger partial charge in [-0.3, -0.25) is 15.0 Å². The summed E-state index contributed by atoms with van der Waals surface area (Å²) in [6.07, 6.45) is 5.06. The molecule has 2 N–H and O–H groups in total. The zero-order valence-corrected chi connectivity index (χ0v) is 24.1. The number of nitrogens with zero attached hydrogens (tertiary/aromatic N) is 6. The number of carbonyl (C=O) groups excluding carboxylic acids is 1. The van der Waals surface area contributed by atoms with Gasteiger partial charge in [-0.15, -0.1) is 27.1 Å². The van der Waals surface area contributed by atoms with E-state index in [-0.39, 0.29) is 18.1 Å². The van der Waals surface area contributed by atoms with Crippen molar-refractivity contribution in [1.29, 1.82) is 0 Å². The molecule has 0 aliphatic carbocycles. The number of piperidine rings is 1. The topological polar surface area (TPSA) is 108 Å². The second-order valence-corrected chi connectivity index (χ2v) is 12.5. The molecule has 4 heterocycles. The fourth-order valence-corrected chi connectivity index (χ4v) is 6.79. The summed E-state index contributed by atoms with van der Waals surface area (Å²) in [5.74, 6) is 2.22. The number of thioether (sulfide) groups is 1. The van der Waals surface area contributed by atoms with Crippen LogP contribution in [0.15, 0.2) is 42.6 Å². The molecule has 39 heavy (non-hydrogen) atoms. The van der Waals surface area contributed by atoms with Gasteiger partial charge >= 0.3 is 0 Å². The van der Waals surface area contributed by atoms with E-state index in [1.54, 1.807) is 18.0 Å². The van der Waals surface area contributed by atoms with Gasteiger partial charge in [-0.25, -0.2) is 0 Å². The Morgan fingerprint density at radius 3 is 2.82 bits per heavy atom. The second-order valence-electron chi connectivity index (χ2n) is 10.2. The highest BCUT2D eigenvalue weighted by Crippen LogP contribution is 2.28. The zero-order valence-electron chi connectivity index (χ0n) is 22.5. The van der Waals surface area contributed by atoms with Crippen molar-refractivity contribution in [3.63, 3.8) is 0 Å². The van der Waals surface area contributed by atoms with Gasteiger partial charge in [-0.05, 0) is 57.9 Å². The predicted molar refractivity (Wildman–Crippen MR) is 158 cm³/mol. The summed E-state index contributed by atoms with van der Waals surface area (Å²) in [5, 5.41) is 24.6. The van der Waals surface area contributed by atoms with Crippen LogP contribution in [0.1, 0.15) is 38.7 Å². The minimum atomic E-state index is -0.0369. The maximum absolute atomic E-state index is 12.7. The van der Waals surface area contributed by atoms with E-state index in [2.05, 4.69) is 66.8 Å². The van der Waals surface area contributed by atoms with E-state index in [0.717, 1.165) is 63.6 Å². The number of nitrogens with one attached hydrogen (secondary N) is 2. The Hall–Kier alpha value is -2.96. The number of amides is 1. The second kappa shape index (κ2) is 13.4. The molecule has 2 aliphatic heterocycles. The van der Waals surface area contributed by atoms with Crippen LogP contribution in [0.3, 0.4) is 0 Å². The van der Waals surface area contributed by atoms with E-state index in [1.807, 2.05) is 24.3 Å². The Morgan fingerprint density at radius 1 is 1.10 bits per heavy atom. The van der Waals surface area contributed by atoms with Crippen LogP contribution >= 0.6 is 23.1 Å². The fourth-order valence-electron chi connectivity index (χ4n) is 4.94. The Bertz CT molecular complexity index is 1210. The van der Waals surface area contributed by atoms with Gasteiger partial charge in [0.1, 0.15) is 5.75 Å².